The minimum atomic E-state index is -3.41. The molecule has 108 valence electrons. The van der Waals surface area contributed by atoms with E-state index in [1.807, 2.05) is 6.92 Å². The number of hydrogen-bond acceptors (Lipinski definition) is 5. The lowest BCUT2D eigenvalue weighted by atomic mass is 10.3. The van der Waals surface area contributed by atoms with Crippen LogP contribution in [0.4, 0.5) is 0 Å². The molecule has 8 heteroatoms. The number of halogens is 1. The Labute approximate surface area is 130 Å². The highest BCUT2D eigenvalue weighted by molar-refractivity contribution is 9.11. The standard InChI is InChI=1S/C11H17BrN2O2S3/c1-2-13-6-9-5-10(11(12)18-9)19(15,16)14-8-3-4-17-7-8/h5,8,13-14H,2-4,6-7H2,1H3. The van der Waals surface area contributed by atoms with Crippen LogP contribution in [-0.2, 0) is 16.6 Å². The summed E-state index contributed by atoms with van der Waals surface area (Å²) in [5.41, 5.74) is 0. The highest BCUT2D eigenvalue weighted by Gasteiger charge is 2.26. The van der Waals surface area contributed by atoms with Crippen LogP contribution in [0.2, 0.25) is 0 Å². The summed E-state index contributed by atoms with van der Waals surface area (Å²) >= 11 is 6.62. The van der Waals surface area contributed by atoms with Crippen LogP contribution in [0.25, 0.3) is 0 Å². The first kappa shape index (κ1) is 15.8. The summed E-state index contributed by atoms with van der Waals surface area (Å²) in [6.45, 7) is 3.60. The van der Waals surface area contributed by atoms with Crippen molar-refractivity contribution in [2.75, 3.05) is 18.1 Å². The molecule has 1 unspecified atom stereocenters. The second kappa shape index (κ2) is 6.91. The van der Waals surface area contributed by atoms with Crippen LogP contribution in [0.1, 0.15) is 18.2 Å². The summed E-state index contributed by atoms with van der Waals surface area (Å²) in [5, 5.41) is 3.20. The average molecular weight is 385 g/mol. The van der Waals surface area contributed by atoms with Gasteiger partial charge in [-0.2, -0.15) is 11.8 Å². The van der Waals surface area contributed by atoms with Gasteiger partial charge in [0, 0.05) is 23.2 Å². The Balaban J connectivity index is 2.12. The molecule has 1 aliphatic rings. The third-order valence-corrected chi connectivity index (χ3v) is 7.73. The monoisotopic (exact) mass is 384 g/mol. The van der Waals surface area contributed by atoms with E-state index in [1.165, 1.54) is 11.3 Å². The fraction of sp³-hybridized carbons (Fsp3) is 0.636. The van der Waals surface area contributed by atoms with E-state index in [0.717, 1.165) is 29.3 Å². The van der Waals surface area contributed by atoms with Gasteiger partial charge < -0.3 is 5.32 Å². The summed E-state index contributed by atoms with van der Waals surface area (Å²) in [5.74, 6) is 1.90. The van der Waals surface area contributed by atoms with Gasteiger partial charge in [-0.3, -0.25) is 0 Å². The molecular formula is C11H17BrN2O2S3. The van der Waals surface area contributed by atoms with E-state index in [4.69, 9.17) is 0 Å². The van der Waals surface area contributed by atoms with Gasteiger partial charge in [-0.25, -0.2) is 13.1 Å². The molecule has 1 aromatic rings. The van der Waals surface area contributed by atoms with E-state index in [9.17, 15) is 8.42 Å². The maximum atomic E-state index is 12.3. The average Bonchev–Trinajstić information content (AvgIpc) is 2.95. The molecule has 1 aliphatic heterocycles. The number of rotatable bonds is 6. The van der Waals surface area contributed by atoms with Crippen molar-refractivity contribution in [2.24, 2.45) is 0 Å². The summed E-state index contributed by atoms with van der Waals surface area (Å²) in [4.78, 5) is 1.39. The van der Waals surface area contributed by atoms with Crippen LogP contribution in [0, 0.1) is 0 Å². The zero-order valence-electron chi connectivity index (χ0n) is 10.6. The third-order valence-electron chi connectivity index (χ3n) is 2.80. The smallest absolute Gasteiger partial charge is 0.242 e. The summed E-state index contributed by atoms with van der Waals surface area (Å²) in [6, 6.07) is 1.82. The molecule has 1 saturated heterocycles. The molecule has 0 saturated carbocycles. The normalized spacial score (nSPS) is 20.0. The number of thioether (sulfide) groups is 1. The van der Waals surface area contributed by atoms with E-state index in [2.05, 4.69) is 26.0 Å². The lowest BCUT2D eigenvalue weighted by Gasteiger charge is -2.11. The van der Waals surface area contributed by atoms with E-state index in [-0.39, 0.29) is 6.04 Å². The first-order valence-electron chi connectivity index (χ1n) is 6.12. The van der Waals surface area contributed by atoms with Crippen molar-refractivity contribution in [1.82, 2.24) is 10.0 Å². The Hall–Kier alpha value is 0.400. The van der Waals surface area contributed by atoms with Crippen LogP contribution in [-0.4, -0.2) is 32.5 Å². The first-order valence-corrected chi connectivity index (χ1v) is 10.4. The molecular weight excluding hydrogens is 368 g/mol. The lowest BCUT2D eigenvalue weighted by molar-refractivity contribution is 0.563. The molecule has 0 amide bonds. The molecule has 0 aliphatic carbocycles. The minimum Gasteiger partial charge on any atom is -0.312 e. The van der Waals surface area contributed by atoms with Gasteiger partial charge in [0.1, 0.15) is 4.90 Å². The molecule has 2 heterocycles. The van der Waals surface area contributed by atoms with Crippen LogP contribution in [0.3, 0.4) is 0 Å². The highest BCUT2D eigenvalue weighted by atomic mass is 79.9. The molecule has 0 radical (unpaired) electrons. The Morgan fingerprint density at radius 3 is 2.95 bits per heavy atom. The Morgan fingerprint density at radius 1 is 1.53 bits per heavy atom. The Bertz CT molecular complexity index is 524. The van der Waals surface area contributed by atoms with Crippen molar-refractivity contribution in [3.8, 4) is 0 Å². The number of thiophene rings is 1. The Morgan fingerprint density at radius 2 is 2.32 bits per heavy atom. The molecule has 4 nitrogen and oxygen atoms in total. The molecule has 19 heavy (non-hydrogen) atoms. The van der Waals surface area contributed by atoms with Gasteiger partial charge >= 0.3 is 0 Å². The van der Waals surface area contributed by atoms with Gasteiger partial charge in [0.2, 0.25) is 10.0 Å². The number of sulfonamides is 1. The SMILES string of the molecule is CCNCc1cc(S(=O)(=O)NC2CCSC2)c(Br)s1. The highest BCUT2D eigenvalue weighted by Crippen LogP contribution is 2.32. The van der Waals surface area contributed by atoms with Gasteiger partial charge in [-0.1, -0.05) is 6.92 Å². The second-order valence-corrected chi connectivity index (χ2v) is 9.60. The maximum Gasteiger partial charge on any atom is 0.242 e. The molecule has 0 spiro atoms. The third kappa shape index (κ3) is 4.18. The van der Waals surface area contributed by atoms with Crippen LogP contribution >= 0.6 is 39.0 Å². The molecule has 1 atom stereocenters. The second-order valence-electron chi connectivity index (χ2n) is 4.31. The van der Waals surface area contributed by atoms with Crippen molar-refractivity contribution in [1.29, 1.82) is 0 Å². The van der Waals surface area contributed by atoms with Gasteiger partial charge in [0.25, 0.3) is 0 Å². The summed E-state index contributed by atoms with van der Waals surface area (Å²) < 4.78 is 28.1. The fourth-order valence-corrected chi connectivity index (χ4v) is 7.01. The van der Waals surface area contributed by atoms with Gasteiger partial charge in [0.05, 0.1) is 3.79 Å². The minimum absolute atomic E-state index is 0.0685. The van der Waals surface area contributed by atoms with E-state index in [1.54, 1.807) is 17.8 Å². The van der Waals surface area contributed by atoms with Crippen molar-refractivity contribution >= 4 is 49.1 Å². The van der Waals surface area contributed by atoms with E-state index >= 15 is 0 Å². The quantitative estimate of drug-likeness (QED) is 0.790. The van der Waals surface area contributed by atoms with E-state index < -0.39 is 10.0 Å². The van der Waals surface area contributed by atoms with E-state index in [0.29, 0.717) is 15.2 Å². The summed E-state index contributed by atoms with van der Waals surface area (Å²) in [6.07, 6.45) is 0.913. The molecule has 1 aromatic heterocycles. The molecule has 2 N–H and O–H groups in total. The van der Waals surface area contributed by atoms with Crippen LogP contribution in [0.15, 0.2) is 14.7 Å². The van der Waals surface area contributed by atoms with Crippen LogP contribution < -0.4 is 10.0 Å². The number of nitrogens with one attached hydrogen (secondary N) is 2. The largest absolute Gasteiger partial charge is 0.312 e. The lowest BCUT2D eigenvalue weighted by Crippen LogP contribution is -2.34. The molecule has 0 aromatic carbocycles. The van der Waals surface area contributed by atoms with Crippen molar-refractivity contribution in [3.63, 3.8) is 0 Å². The zero-order chi connectivity index (χ0) is 13.9. The van der Waals surface area contributed by atoms with Crippen molar-refractivity contribution in [2.45, 2.75) is 30.8 Å². The molecule has 0 bridgehead atoms. The first-order chi connectivity index (χ1) is 9.03. The zero-order valence-corrected chi connectivity index (χ0v) is 14.6. The van der Waals surface area contributed by atoms with Crippen molar-refractivity contribution < 1.29 is 8.42 Å². The maximum absolute atomic E-state index is 12.3. The Kier molecular flexibility index (Phi) is 5.74. The van der Waals surface area contributed by atoms with Crippen LogP contribution in [0.5, 0.6) is 0 Å². The fourth-order valence-electron chi connectivity index (χ4n) is 1.83. The topological polar surface area (TPSA) is 58.2 Å². The van der Waals surface area contributed by atoms with Crippen molar-refractivity contribution in [3.05, 3.63) is 14.7 Å². The number of hydrogen-bond donors (Lipinski definition) is 2. The van der Waals surface area contributed by atoms with Gasteiger partial charge in [-0.15, -0.1) is 11.3 Å². The van der Waals surface area contributed by atoms with Gasteiger partial charge in [0.15, 0.2) is 0 Å². The predicted octanol–water partition coefficient (Wildman–Crippen LogP) is 2.40. The predicted molar refractivity (Wildman–Crippen MR) is 85.5 cm³/mol. The summed E-state index contributed by atoms with van der Waals surface area (Å²) in [7, 11) is -3.41. The molecule has 2 rings (SSSR count). The molecule has 1 fully saturated rings. The van der Waals surface area contributed by atoms with Gasteiger partial charge in [-0.05, 0) is 40.7 Å².